The van der Waals surface area contributed by atoms with Crippen molar-refractivity contribution in [2.24, 2.45) is 0 Å². The minimum atomic E-state index is 0.543. The third-order valence-electron chi connectivity index (χ3n) is 2.12. The lowest BCUT2D eigenvalue weighted by Crippen LogP contribution is -2.02. The van der Waals surface area contributed by atoms with Crippen LogP contribution in [0.1, 0.15) is 12.7 Å². The predicted molar refractivity (Wildman–Crippen MR) is 63.9 cm³/mol. The Morgan fingerprint density at radius 2 is 2.25 bits per heavy atom. The number of nitrogen functional groups attached to an aromatic ring is 1. The topological polar surface area (TPSA) is 69.6 Å². The Morgan fingerprint density at radius 1 is 1.38 bits per heavy atom. The number of nitrogens with zero attached hydrogens (tertiary/aromatic N) is 4. The second kappa shape index (κ2) is 4.98. The van der Waals surface area contributed by atoms with E-state index in [1.165, 1.54) is 0 Å². The molecular formula is C10H13N5S. The molecule has 0 amide bonds. The maximum atomic E-state index is 5.52. The van der Waals surface area contributed by atoms with Gasteiger partial charge in [0.25, 0.3) is 0 Å². The van der Waals surface area contributed by atoms with Crippen molar-refractivity contribution in [2.75, 3.05) is 5.73 Å². The number of anilines is 1. The zero-order chi connectivity index (χ0) is 11.4. The van der Waals surface area contributed by atoms with Gasteiger partial charge in [0.2, 0.25) is 0 Å². The number of aryl methyl sites for hydroxylation is 1. The fraction of sp³-hybridized carbons (Fsp3) is 0.300. The summed E-state index contributed by atoms with van der Waals surface area (Å²) in [4.78, 5) is 9.32. The van der Waals surface area contributed by atoms with Crippen molar-refractivity contribution in [1.82, 2.24) is 19.7 Å². The number of nitrogens with two attached hydrogens (primary N) is 1. The van der Waals surface area contributed by atoms with E-state index >= 15 is 0 Å². The lowest BCUT2D eigenvalue weighted by molar-refractivity contribution is 0.632. The molecule has 0 fully saturated rings. The van der Waals surface area contributed by atoms with E-state index in [4.69, 9.17) is 5.73 Å². The van der Waals surface area contributed by atoms with Gasteiger partial charge in [-0.2, -0.15) is 5.10 Å². The van der Waals surface area contributed by atoms with E-state index in [-0.39, 0.29) is 0 Å². The Bertz CT molecular complexity index is 450. The maximum absolute atomic E-state index is 5.52. The first-order valence-corrected chi connectivity index (χ1v) is 5.99. The SMILES string of the molecule is CCn1ncnc1CSc1ccc(N)nc1. The van der Waals surface area contributed by atoms with Gasteiger partial charge in [0, 0.05) is 17.6 Å². The van der Waals surface area contributed by atoms with Crippen molar-refractivity contribution >= 4 is 17.6 Å². The Labute approximate surface area is 98.1 Å². The van der Waals surface area contributed by atoms with Crippen LogP contribution in [0.4, 0.5) is 5.82 Å². The minimum Gasteiger partial charge on any atom is -0.384 e. The molecule has 0 spiro atoms. The maximum Gasteiger partial charge on any atom is 0.138 e. The molecule has 2 rings (SSSR count). The highest BCUT2D eigenvalue weighted by Crippen LogP contribution is 2.21. The molecule has 0 saturated heterocycles. The lowest BCUT2D eigenvalue weighted by atomic mass is 10.5. The summed E-state index contributed by atoms with van der Waals surface area (Å²) in [5, 5.41) is 4.12. The summed E-state index contributed by atoms with van der Waals surface area (Å²) in [6.07, 6.45) is 3.35. The molecule has 2 aromatic heterocycles. The highest BCUT2D eigenvalue weighted by molar-refractivity contribution is 7.98. The first-order valence-electron chi connectivity index (χ1n) is 5.00. The smallest absolute Gasteiger partial charge is 0.138 e. The minimum absolute atomic E-state index is 0.543. The Balaban J connectivity index is 1.99. The summed E-state index contributed by atoms with van der Waals surface area (Å²) in [6.45, 7) is 2.89. The van der Waals surface area contributed by atoms with Gasteiger partial charge in [-0.25, -0.2) is 14.6 Å². The summed E-state index contributed by atoms with van der Waals surface area (Å²) < 4.78 is 1.89. The molecule has 0 atom stereocenters. The van der Waals surface area contributed by atoms with Crippen LogP contribution in [0.15, 0.2) is 29.6 Å². The number of rotatable bonds is 4. The summed E-state index contributed by atoms with van der Waals surface area (Å²) in [5.74, 6) is 2.31. The van der Waals surface area contributed by atoms with E-state index in [0.29, 0.717) is 5.82 Å². The van der Waals surface area contributed by atoms with Gasteiger partial charge in [-0.1, -0.05) is 0 Å². The van der Waals surface area contributed by atoms with Crippen molar-refractivity contribution in [2.45, 2.75) is 24.1 Å². The molecule has 5 nitrogen and oxygen atoms in total. The van der Waals surface area contributed by atoms with Crippen LogP contribution in [-0.4, -0.2) is 19.7 Å². The molecule has 0 aromatic carbocycles. The number of aromatic nitrogens is 4. The second-order valence-electron chi connectivity index (χ2n) is 3.20. The lowest BCUT2D eigenvalue weighted by Gasteiger charge is -2.02. The summed E-state index contributed by atoms with van der Waals surface area (Å²) in [5.41, 5.74) is 5.52. The molecule has 0 aliphatic rings. The number of hydrogen-bond acceptors (Lipinski definition) is 5. The molecule has 0 saturated carbocycles. The van der Waals surface area contributed by atoms with E-state index in [1.807, 2.05) is 17.7 Å². The summed E-state index contributed by atoms with van der Waals surface area (Å²) in [6, 6.07) is 3.76. The zero-order valence-electron chi connectivity index (χ0n) is 9.00. The third-order valence-corrected chi connectivity index (χ3v) is 3.10. The average molecular weight is 235 g/mol. The van der Waals surface area contributed by atoms with Crippen LogP contribution in [0.3, 0.4) is 0 Å². The molecular weight excluding hydrogens is 222 g/mol. The normalized spacial score (nSPS) is 10.6. The van der Waals surface area contributed by atoms with Crippen molar-refractivity contribution < 1.29 is 0 Å². The quantitative estimate of drug-likeness (QED) is 0.814. The Kier molecular flexibility index (Phi) is 3.40. The average Bonchev–Trinajstić information content (AvgIpc) is 2.76. The second-order valence-corrected chi connectivity index (χ2v) is 4.25. The standard InChI is InChI=1S/C10H13N5S/c1-2-15-10(13-7-14-15)6-16-8-3-4-9(11)12-5-8/h3-5,7H,2,6H2,1H3,(H2,11,12). The van der Waals surface area contributed by atoms with E-state index in [1.54, 1.807) is 30.4 Å². The molecule has 2 heterocycles. The Morgan fingerprint density at radius 3 is 2.94 bits per heavy atom. The third kappa shape index (κ3) is 2.52. The van der Waals surface area contributed by atoms with Gasteiger partial charge in [0.05, 0.1) is 5.75 Å². The summed E-state index contributed by atoms with van der Waals surface area (Å²) >= 11 is 1.67. The van der Waals surface area contributed by atoms with Gasteiger partial charge in [0.1, 0.15) is 18.0 Å². The fourth-order valence-electron chi connectivity index (χ4n) is 1.29. The molecule has 16 heavy (non-hydrogen) atoms. The van der Waals surface area contributed by atoms with Gasteiger partial charge >= 0.3 is 0 Å². The van der Waals surface area contributed by atoms with Crippen molar-refractivity contribution in [3.8, 4) is 0 Å². The molecule has 2 aromatic rings. The summed E-state index contributed by atoms with van der Waals surface area (Å²) in [7, 11) is 0. The van der Waals surface area contributed by atoms with Crippen LogP contribution in [0, 0.1) is 0 Å². The van der Waals surface area contributed by atoms with Crippen LogP contribution < -0.4 is 5.73 Å². The van der Waals surface area contributed by atoms with Gasteiger partial charge in [-0.3, -0.25) is 0 Å². The molecule has 0 aliphatic carbocycles. The first-order chi connectivity index (χ1) is 7.79. The predicted octanol–water partition coefficient (Wildman–Crippen LogP) is 1.57. The van der Waals surface area contributed by atoms with Crippen molar-refractivity contribution in [1.29, 1.82) is 0 Å². The van der Waals surface area contributed by atoms with Gasteiger partial charge in [0.15, 0.2) is 0 Å². The van der Waals surface area contributed by atoms with Gasteiger partial charge < -0.3 is 5.73 Å². The van der Waals surface area contributed by atoms with Gasteiger partial charge in [-0.05, 0) is 19.1 Å². The number of hydrogen-bond donors (Lipinski definition) is 1. The monoisotopic (exact) mass is 235 g/mol. The number of pyridine rings is 1. The van der Waals surface area contributed by atoms with E-state index in [9.17, 15) is 0 Å². The van der Waals surface area contributed by atoms with Crippen LogP contribution in [0.25, 0.3) is 0 Å². The van der Waals surface area contributed by atoms with Crippen LogP contribution in [0.5, 0.6) is 0 Å². The zero-order valence-corrected chi connectivity index (χ0v) is 9.81. The van der Waals surface area contributed by atoms with E-state index in [0.717, 1.165) is 23.0 Å². The molecule has 84 valence electrons. The van der Waals surface area contributed by atoms with Crippen LogP contribution >= 0.6 is 11.8 Å². The van der Waals surface area contributed by atoms with Crippen molar-refractivity contribution in [3.05, 3.63) is 30.5 Å². The highest BCUT2D eigenvalue weighted by atomic mass is 32.2. The van der Waals surface area contributed by atoms with E-state index in [2.05, 4.69) is 15.1 Å². The van der Waals surface area contributed by atoms with E-state index < -0.39 is 0 Å². The fourth-order valence-corrected chi connectivity index (χ4v) is 2.10. The highest BCUT2D eigenvalue weighted by Gasteiger charge is 2.03. The van der Waals surface area contributed by atoms with Crippen LogP contribution in [-0.2, 0) is 12.3 Å². The molecule has 0 radical (unpaired) electrons. The molecule has 0 unspecified atom stereocenters. The largest absolute Gasteiger partial charge is 0.384 e. The van der Waals surface area contributed by atoms with Crippen LogP contribution in [0.2, 0.25) is 0 Å². The van der Waals surface area contributed by atoms with Gasteiger partial charge in [-0.15, -0.1) is 11.8 Å². The van der Waals surface area contributed by atoms with Crippen molar-refractivity contribution in [3.63, 3.8) is 0 Å². The molecule has 2 N–H and O–H groups in total. The first kappa shape index (κ1) is 10.9. The molecule has 0 bridgehead atoms. The Hall–Kier alpha value is -1.56. The number of thioether (sulfide) groups is 1. The molecule has 6 heteroatoms. The molecule has 0 aliphatic heterocycles.